The minimum atomic E-state index is -1.88. The summed E-state index contributed by atoms with van der Waals surface area (Å²) in [5.41, 5.74) is 0. The first-order chi connectivity index (χ1) is 6.97. The number of hydrogen-bond acceptors (Lipinski definition) is 5. The Labute approximate surface area is 85.7 Å². The topological polar surface area (TPSA) is 99.0 Å². The van der Waals surface area contributed by atoms with Gasteiger partial charge < -0.3 is 25.4 Å². The van der Waals surface area contributed by atoms with Crippen molar-refractivity contribution in [3.63, 3.8) is 0 Å². The molecule has 1 rings (SSSR count). The zero-order valence-electron chi connectivity index (χ0n) is 8.13. The van der Waals surface area contributed by atoms with Gasteiger partial charge in [-0.1, -0.05) is 0 Å². The minimum absolute atomic E-state index is 0.542. The van der Waals surface area contributed by atoms with Crippen molar-refractivity contribution in [1.29, 1.82) is 0 Å². The summed E-state index contributed by atoms with van der Waals surface area (Å²) in [6, 6.07) is -1.32. The van der Waals surface area contributed by atoms with Crippen molar-refractivity contribution in [2.75, 3.05) is 6.61 Å². The van der Waals surface area contributed by atoms with E-state index in [1.165, 1.54) is 0 Å². The van der Waals surface area contributed by atoms with Crippen LogP contribution in [-0.4, -0.2) is 58.5 Å². The molecule has 4 N–H and O–H groups in total. The van der Waals surface area contributed by atoms with Gasteiger partial charge in [0.1, 0.15) is 18.2 Å². The van der Waals surface area contributed by atoms with E-state index in [1.807, 2.05) is 0 Å². The number of carbonyl (C=O) groups is 1. The van der Waals surface area contributed by atoms with Crippen molar-refractivity contribution < 1.29 is 29.2 Å². The number of ether oxygens (including phenoxy) is 1. The fraction of sp³-hybridized carbons (Fsp3) is 0.875. The molecule has 0 bridgehead atoms. The van der Waals surface area contributed by atoms with Gasteiger partial charge in [0, 0.05) is 6.92 Å². The molecule has 1 heterocycles. The summed E-state index contributed by atoms with van der Waals surface area (Å²) in [5, 5.41) is 29.5. The van der Waals surface area contributed by atoms with Crippen LogP contribution in [0.1, 0.15) is 6.92 Å². The molecule has 0 aromatic carbocycles. The Bertz CT molecular complexity index is 239. The zero-order valence-corrected chi connectivity index (χ0v) is 8.13. The minimum Gasteiger partial charge on any atom is -0.394 e. The average molecular weight is 223 g/mol. The molecule has 0 aromatic rings. The lowest BCUT2D eigenvalue weighted by molar-refractivity contribution is -0.242. The molecule has 0 radical (unpaired) electrons. The smallest absolute Gasteiger partial charge is 0.217 e. The maximum absolute atomic E-state index is 13.5. The van der Waals surface area contributed by atoms with Crippen LogP contribution in [0.15, 0.2) is 0 Å². The Morgan fingerprint density at radius 1 is 1.53 bits per heavy atom. The Morgan fingerprint density at radius 3 is 2.60 bits per heavy atom. The number of aliphatic hydroxyl groups is 3. The first-order valence-electron chi connectivity index (χ1n) is 4.51. The summed E-state index contributed by atoms with van der Waals surface area (Å²) in [7, 11) is 0. The molecule has 88 valence electrons. The third-order valence-electron chi connectivity index (χ3n) is 2.22. The third kappa shape index (κ3) is 2.63. The number of nitrogens with one attached hydrogen (secondary N) is 1. The highest BCUT2D eigenvalue weighted by molar-refractivity contribution is 5.73. The van der Waals surface area contributed by atoms with E-state index in [0.29, 0.717) is 0 Å². The fourth-order valence-corrected chi connectivity index (χ4v) is 1.46. The molecule has 1 aliphatic rings. The van der Waals surface area contributed by atoms with Gasteiger partial charge in [-0.3, -0.25) is 4.79 Å². The van der Waals surface area contributed by atoms with Crippen molar-refractivity contribution in [3.8, 4) is 0 Å². The molecule has 1 saturated heterocycles. The second-order valence-corrected chi connectivity index (χ2v) is 3.41. The lowest BCUT2D eigenvalue weighted by Crippen LogP contribution is -2.62. The van der Waals surface area contributed by atoms with Gasteiger partial charge in [0.25, 0.3) is 0 Å². The van der Waals surface area contributed by atoms with Crippen molar-refractivity contribution in [2.24, 2.45) is 0 Å². The molecule has 0 aliphatic carbocycles. The molecular weight excluding hydrogens is 209 g/mol. The number of hydrogen-bond donors (Lipinski definition) is 4. The zero-order chi connectivity index (χ0) is 11.6. The predicted octanol–water partition coefficient (Wildman–Crippen LogP) is -2.10. The molecule has 5 atom stereocenters. The molecule has 6 nitrogen and oxygen atoms in total. The molecule has 7 heteroatoms. The maximum atomic E-state index is 13.5. The van der Waals surface area contributed by atoms with Crippen molar-refractivity contribution in [2.45, 2.75) is 37.6 Å². The van der Waals surface area contributed by atoms with E-state index in [4.69, 9.17) is 9.84 Å². The van der Waals surface area contributed by atoms with Gasteiger partial charge >= 0.3 is 0 Å². The highest BCUT2D eigenvalue weighted by Gasteiger charge is 2.45. The van der Waals surface area contributed by atoms with E-state index in [-0.39, 0.29) is 0 Å². The fourth-order valence-electron chi connectivity index (χ4n) is 1.46. The van der Waals surface area contributed by atoms with Crippen LogP contribution in [0.5, 0.6) is 0 Å². The van der Waals surface area contributed by atoms with Gasteiger partial charge in [-0.05, 0) is 0 Å². The molecule has 15 heavy (non-hydrogen) atoms. The van der Waals surface area contributed by atoms with Gasteiger partial charge in [0.05, 0.1) is 6.61 Å². The highest BCUT2D eigenvalue weighted by atomic mass is 19.1. The van der Waals surface area contributed by atoms with Gasteiger partial charge in [-0.2, -0.15) is 0 Å². The largest absolute Gasteiger partial charge is 0.394 e. The van der Waals surface area contributed by atoms with Crippen LogP contribution in [0.25, 0.3) is 0 Å². The lowest BCUT2D eigenvalue weighted by atomic mass is 9.98. The van der Waals surface area contributed by atoms with Crippen LogP contribution in [0.2, 0.25) is 0 Å². The summed E-state index contributed by atoms with van der Waals surface area (Å²) in [4.78, 5) is 10.7. The molecule has 1 fully saturated rings. The average Bonchev–Trinajstić information content (AvgIpc) is 2.18. The van der Waals surface area contributed by atoms with E-state index in [1.54, 1.807) is 0 Å². The quantitative estimate of drug-likeness (QED) is 0.430. The Kier molecular flexibility index (Phi) is 3.97. The second-order valence-electron chi connectivity index (χ2n) is 3.41. The molecule has 0 saturated carbocycles. The van der Waals surface area contributed by atoms with E-state index in [9.17, 15) is 19.4 Å². The summed E-state index contributed by atoms with van der Waals surface area (Å²) in [6.07, 6.45) is -6.21. The van der Waals surface area contributed by atoms with Crippen LogP contribution in [0, 0.1) is 0 Å². The Balaban J connectivity index is 2.70. The van der Waals surface area contributed by atoms with E-state index < -0.39 is 43.2 Å². The summed E-state index contributed by atoms with van der Waals surface area (Å²) in [6.45, 7) is 0.551. The Morgan fingerprint density at radius 2 is 2.13 bits per heavy atom. The SMILES string of the molecule is CC(=O)N[C@H]1[C@@H](F)[C@H](O)[C@@H](CO)O[C@@H]1O. The lowest BCUT2D eigenvalue weighted by Gasteiger charge is -2.38. The van der Waals surface area contributed by atoms with Gasteiger partial charge in [0.2, 0.25) is 5.91 Å². The second kappa shape index (κ2) is 4.84. The summed E-state index contributed by atoms with van der Waals surface area (Å²) >= 11 is 0. The monoisotopic (exact) mass is 223 g/mol. The number of halogens is 1. The highest BCUT2D eigenvalue weighted by Crippen LogP contribution is 2.22. The number of rotatable bonds is 2. The van der Waals surface area contributed by atoms with Gasteiger partial charge in [-0.25, -0.2) is 4.39 Å². The third-order valence-corrected chi connectivity index (χ3v) is 2.22. The van der Waals surface area contributed by atoms with Crippen molar-refractivity contribution >= 4 is 5.91 Å². The van der Waals surface area contributed by atoms with E-state index in [2.05, 4.69) is 5.32 Å². The molecule has 1 aliphatic heterocycles. The molecule has 1 amide bonds. The molecule has 0 unspecified atom stereocenters. The number of amides is 1. The van der Waals surface area contributed by atoms with Gasteiger partial charge in [-0.15, -0.1) is 0 Å². The molecule has 0 spiro atoms. The number of carbonyl (C=O) groups excluding carboxylic acids is 1. The van der Waals surface area contributed by atoms with E-state index >= 15 is 0 Å². The molecule has 0 aromatic heterocycles. The standard InChI is InChI=1S/C8H14FNO5/c1-3(12)10-6-5(9)7(13)4(2-11)15-8(6)14/h4-8,11,13-14H,2H2,1H3,(H,10,12)/t4-,5-,6+,7-,8+/m1/s1. The number of aliphatic hydroxyl groups excluding tert-OH is 3. The first kappa shape index (κ1) is 12.3. The summed E-state index contributed by atoms with van der Waals surface area (Å²) in [5.74, 6) is -0.542. The van der Waals surface area contributed by atoms with Crippen LogP contribution >= 0.6 is 0 Å². The maximum Gasteiger partial charge on any atom is 0.217 e. The van der Waals surface area contributed by atoms with Crippen LogP contribution in [-0.2, 0) is 9.53 Å². The van der Waals surface area contributed by atoms with Crippen molar-refractivity contribution in [1.82, 2.24) is 5.32 Å². The van der Waals surface area contributed by atoms with Crippen LogP contribution in [0.3, 0.4) is 0 Å². The number of alkyl halides is 1. The predicted molar refractivity (Wildman–Crippen MR) is 46.5 cm³/mol. The molecular formula is C8H14FNO5. The van der Waals surface area contributed by atoms with Gasteiger partial charge in [0.15, 0.2) is 12.5 Å². The Hall–Kier alpha value is -0.760. The normalized spacial score (nSPS) is 41.3. The van der Waals surface area contributed by atoms with Crippen molar-refractivity contribution in [3.05, 3.63) is 0 Å². The summed E-state index contributed by atoms with van der Waals surface area (Å²) < 4.78 is 18.2. The van der Waals surface area contributed by atoms with Crippen LogP contribution in [0.4, 0.5) is 4.39 Å². The van der Waals surface area contributed by atoms with Crippen LogP contribution < -0.4 is 5.32 Å². The first-order valence-corrected chi connectivity index (χ1v) is 4.51. The van der Waals surface area contributed by atoms with E-state index in [0.717, 1.165) is 6.92 Å².